The largest absolute Gasteiger partial charge is 0.454 e. The minimum atomic E-state index is -0.759. The van der Waals surface area contributed by atoms with Gasteiger partial charge in [0.2, 0.25) is 0 Å². The monoisotopic (exact) mass is 400 g/mol. The van der Waals surface area contributed by atoms with Crippen molar-refractivity contribution in [3.63, 3.8) is 0 Å². The Balaban J connectivity index is 1.79. The van der Waals surface area contributed by atoms with Crippen LogP contribution in [0.4, 0.5) is 4.39 Å². The second-order valence-corrected chi connectivity index (χ2v) is 7.01. The lowest BCUT2D eigenvalue weighted by Crippen LogP contribution is -2.35. The van der Waals surface area contributed by atoms with Crippen LogP contribution in [0, 0.1) is 11.7 Å². The second-order valence-electron chi connectivity index (χ2n) is 7.01. The number of esters is 1. The number of hydrogen-bond acceptors (Lipinski definition) is 4. The molecule has 6 nitrogen and oxygen atoms in total. The van der Waals surface area contributed by atoms with Gasteiger partial charge in [-0.1, -0.05) is 50.2 Å². The van der Waals surface area contributed by atoms with E-state index in [2.05, 4.69) is 24.5 Å². The summed E-state index contributed by atoms with van der Waals surface area (Å²) in [5.74, 6) is -1.98. The number of nitrogens with one attached hydrogen (secondary N) is 2. The van der Waals surface area contributed by atoms with E-state index in [4.69, 9.17) is 4.74 Å². The van der Waals surface area contributed by atoms with Gasteiger partial charge in [0, 0.05) is 5.56 Å². The van der Waals surface area contributed by atoms with Crippen LogP contribution >= 0.6 is 0 Å². The summed E-state index contributed by atoms with van der Waals surface area (Å²) in [7, 11) is 0. The summed E-state index contributed by atoms with van der Waals surface area (Å²) < 4.78 is 18.0. The Morgan fingerprint density at radius 3 is 2.41 bits per heavy atom. The molecule has 0 aliphatic heterocycles. The fourth-order valence-electron chi connectivity index (χ4n) is 2.75. The molecule has 2 aromatic rings. The topological polar surface area (TPSA) is 84.5 Å². The van der Waals surface area contributed by atoms with Crippen LogP contribution in [-0.2, 0) is 14.3 Å². The molecule has 0 aliphatic rings. The molecule has 0 spiro atoms. The number of ether oxygens (including phenoxy) is 1. The predicted octanol–water partition coefficient (Wildman–Crippen LogP) is 3.00. The van der Waals surface area contributed by atoms with Crippen LogP contribution in [-0.4, -0.2) is 30.9 Å². The van der Waals surface area contributed by atoms with Gasteiger partial charge in [-0.25, -0.2) is 4.39 Å². The molecule has 7 heteroatoms. The Morgan fingerprint density at radius 1 is 1.03 bits per heavy atom. The summed E-state index contributed by atoms with van der Waals surface area (Å²) in [5, 5.41) is 5.20. The number of hydrogen-bond donors (Lipinski definition) is 2. The maximum Gasteiger partial charge on any atom is 0.325 e. The van der Waals surface area contributed by atoms with Crippen LogP contribution < -0.4 is 10.6 Å². The van der Waals surface area contributed by atoms with Gasteiger partial charge in [0.15, 0.2) is 6.61 Å². The third-order valence-electron chi connectivity index (χ3n) is 4.09. The van der Waals surface area contributed by atoms with Crippen molar-refractivity contribution in [3.05, 3.63) is 71.5 Å². The smallest absolute Gasteiger partial charge is 0.325 e. The minimum absolute atomic E-state index is 0.0925. The number of carbonyl (C=O) groups excluding carboxylic acids is 3. The van der Waals surface area contributed by atoms with Gasteiger partial charge in [-0.2, -0.15) is 0 Å². The summed E-state index contributed by atoms with van der Waals surface area (Å²) in [6, 6.07) is 14.5. The molecule has 29 heavy (non-hydrogen) atoms. The standard InChI is InChI=1S/C22H25FN2O4/c1-15(2)11-19(16-7-4-3-5-8-16)25-20(26)14-29-21(27)13-24-22(28)17-9-6-10-18(23)12-17/h3-10,12,15,19H,11,13-14H2,1-2H3,(H,24,28)(H,25,26)/t19-/m1/s1. The molecule has 1 atom stereocenters. The lowest BCUT2D eigenvalue weighted by atomic mass is 9.97. The van der Waals surface area contributed by atoms with E-state index in [-0.39, 0.29) is 11.6 Å². The first-order valence-corrected chi connectivity index (χ1v) is 9.39. The Labute approximate surface area is 169 Å². The fourth-order valence-corrected chi connectivity index (χ4v) is 2.75. The number of rotatable bonds is 9. The van der Waals surface area contributed by atoms with Crippen molar-refractivity contribution in [1.29, 1.82) is 0 Å². The zero-order valence-corrected chi connectivity index (χ0v) is 16.5. The summed E-state index contributed by atoms with van der Waals surface area (Å²) >= 11 is 0. The van der Waals surface area contributed by atoms with Crippen LogP contribution in [0.3, 0.4) is 0 Å². The zero-order valence-electron chi connectivity index (χ0n) is 16.5. The molecule has 2 rings (SSSR count). The third kappa shape index (κ3) is 7.73. The van der Waals surface area contributed by atoms with E-state index >= 15 is 0 Å². The maximum atomic E-state index is 13.1. The molecular weight excluding hydrogens is 375 g/mol. The van der Waals surface area contributed by atoms with Crippen LogP contribution in [0.2, 0.25) is 0 Å². The zero-order chi connectivity index (χ0) is 21.2. The highest BCUT2D eigenvalue weighted by molar-refractivity contribution is 5.96. The predicted molar refractivity (Wildman–Crippen MR) is 106 cm³/mol. The molecule has 2 amide bonds. The Morgan fingerprint density at radius 2 is 1.76 bits per heavy atom. The molecular formula is C22H25FN2O4. The first kappa shape index (κ1) is 22.1. The number of benzene rings is 2. The summed E-state index contributed by atoms with van der Waals surface area (Å²) in [4.78, 5) is 35.9. The Bertz CT molecular complexity index is 840. The van der Waals surface area contributed by atoms with E-state index < -0.39 is 36.8 Å². The van der Waals surface area contributed by atoms with Crippen molar-refractivity contribution >= 4 is 17.8 Å². The highest BCUT2D eigenvalue weighted by atomic mass is 19.1. The number of halogens is 1. The van der Waals surface area contributed by atoms with Crippen molar-refractivity contribution in [2.45, 2.75) is 26.3 Å². The highest BCUT2D eigenvalue weighted by Crippen LogP contribution is 2.20. The lowest BCUT2D eigenvalue weighted by Gasteiger charge is -2.21. The Kier molecular flexibility index (Phi) is 8.33. The average molecular weight is 400 g/mol. The van der Waals surface area contributed by atoms with Crippen molar-refractivity contribution in [3.8, 4) is 0 Å². The highest BCUT2D eigenvalue weighted by Gasteiger charge is 2.17. The van der Waals surface area contributed by atoms with E-state index in [1.54, 1.807) is 0 Å². The van der Waals surface area contributed by atoms with Crippen LogP contribution in [0.1, 0.15) is 42.2 Å². The molecule has 2 N–H and O–H groups in total. The molecule has 0 saturated heterocycles. The van der Waals surface area contributed by atoms with Gasteiger partial charge in [0.1, 0.15) is 12.4 Å². The first-order chi connectivity index (χ1) is 13.8. The van der Waals surface area contributed by atoms with Gasteiger partial charge in [-0.3, -0.25) is 14.4 Å². The van der Waals surface area contributed by atoms with Crippen LogP contribution in [0.5, 0.6) is 0 Å². The second kappa shape index (κ2) is 10.9. The van der Waals surface area contributed by atoms with E-state index in [1.165, 1.54) is 18.2 Å². The fraction of sp³-hybridized carbons (Fsp3) is 0.318. The molecule has 0 fully saturated rings. The van der Waals surface area contributed by atoms with Gasteiger partial charge in [-0.05, 0) is 36.1 Å². The number of carbonyl (C=O) groups is 3. The van der Waals surface area contributed by atoms with Crippen LogP contribution in [0.25, 0.3) is 0 Å². The molecule has 0 saturated carbocycles. The summed E-state index contributed by atoms with van der Waals surface area (Å²) in [5.41, 5.74) is 1.07. The third-order valence-corrected chi connectivity index (χ3v) is 4.09. The molecule has 0 heterocycles. The van der Waals surface area contributed by atoms with E-state index in [9.17, 15) is 18.8 Å². The van der Waals surface area contributed by atoms with Crippen LogP contribution in [0.15, 0.2) is 54.6 Å². The van der Waals surface area contributed by atoms with Gasteiger partial charge >= 0.3 is 5.97 Å². The maximum absolute atomic E-state index is 13.1. The summed E-state index contributed by atoms with van der Waals surface area (Å²) in [6.45, 7) is 3.25. The van der Waals surface area contributed by atoms with E-state index in [1.807, 2.05) is 30.3 Å². The van der Waals surface area contributed by atoms with E-state index in [0.29, 0.717) is 5.92 Å². The van der Waals surface area contributed by atoms with Crippen molar-refractivity contribution in [2.75, 3.05) is 13.2 Å². The molecule has 0 unspecified atom stereocenters. The van der Waals surface area contributed by atoms with Gasteiger partial charge in [0.25, 0.3) is 11.8 Å². The van der Waals surface area contributed by atoms with Crippen molar-refractivity contribution in [1.82, 2.24) is 10.6 Å². The van der Waals surface area contributed by atoms with E-state index in [0.717, 1.165) is 18.1 Å². The SMILES string of the molecule is CC(C)C[C@@H](NC(=O)COC(=O)CNC(=O)c1cccc(F)c1)c1ccccc1. The van der Waals surface area contributed by atoms with Crippen molar-refractivity contribution in [2.24, 2.45) is 5.92 Å². The molecule has 0 aliphatic carbocycles. The van der Waals surface area contributed by atoms with Gasteiger partial charge in [-0.15, -0.1) is 0 Å². The van der Waals surface area contributed by atoms with Gasteiger partial charge < -0.3 is 15.4 Å². The summed E-state index contributed by atoms with van der Waals surface area (Å²) in [6.07, 6.45) is 0.743. The first-order valence-electron chi connectivity index (χ1n) is 9.39. The number of amides is 2. The molecule has 0 bridgehead atoms. The minimum Gasteiger partial charge on any atom is -0.454 e. The Hall–Kier alpha value is -3.22. The molecule has 154 valence electrons. The molecule has 0 radical (unpaired) electrons. The normalized spacial score (nSPS) is 11.6. The quantitative estimate of drug-likeness (QED) is 0.634. The van der Waals surface area contributed by atoms with Gasteiger partial charge in [0.05, 0.1) is 6.04 Å². The lowest BCUT2D eigenvalue weighted by molar-refractivity contribution is -0.147. The molecule has 0 aromatic heterocycles. The van der Waals surface area contributed by atoms with Crippen molar-refractivity contribution < 1.29 is 23.5 Å². The average Bonchev–Trinajstić information content (AvgIpc) is 2.70. The molecule has 2 aromatic carbocycles.